The van der Waals surface area contributed by atoms with Gasteiger partial charge in [0.2, 0.25) is 5.88 Å². The first-order valence-electron chi connectivity index (χ1n) is 5.50. The van der Waals surface area contributed by atoms with Crippen LogP contribution in [0.2, 0.25) is 18.1 Å². The van der Waals surface area contributed by atoms with Crippen LogP contribution in [-0.2, 0) is 13.7 Å². The molecule has 0 bridgehead atoms. The highest BCUT2D eigenvalue weighted by Crippen LogP contribution is 2.37. The van der Waals surface area contributed by atoms with Gasteiger partial charge in [0, 0.05) is 13.1 Å². The van der Waals surface area contributed by atoms with Crippen molar-refractivity contribution >= 4 is 8.32 Å². The average molecular weight is 242 g/mol. The molecule has 4 nitrogen and oxygen atoms in total. The summed E-state index contributed by atoms with van der Waals surface area (Å²) < 4.78 is 7.68. The van der Waals surface area contributed by atoms with Crippen molar-refractivity contribution in [2.75, 3.05) is 0 Å². The molecule has 0 fully saturated rings. The first-order chi connectivity index (χ1) is 7.17. The van der Waals surface area contributed by atoms with E-state index in [1.807, 2.05) is 7.05 Å². The van der Waals surface area contributed by atoms with Crippen molar-refractivity contribution in [3.8, 4) is 5.88 Å². The van der Waals surface area contributed by atoms with Crippen molar-refractivity contribution in [1.82, 2.24) is 9.78 Å². The molecule has 0 aliphatic carbocycles. The number of aryl methyl sites for hydroxylation is 1. The number of hydrogen-bond acceptors (Lipinski definition) is 3. The lowest BCUT2D eigenvalue weighted by Crippen LogP contribution is -2.44. The van der Waals surface area contributed by atoms with E-state index in [1.165, 1.54) is 0 Å². The summed E-state index contributed by atoms with van der Waals surface area (Å²) >= 11 is 0. The Kier molecular flexibility index (Phi) is 3.49. The fourth-order valence-corrected chi connectivity index (χ4v) is 2.02. The monoisotopic (exact) mass is 242 g/mol. The molecule has 16 heavy (non-hydrogen) atoms. The molecule has 5 heteroatoms. The third kappa shape index (κ3) is 2.65. The van der Waals surface area contributed by atoms with Gasteiger partial charge in [-0.25, -0.2) is 0 Å². The summed E-state index contributed by atoms with van der Waals surface area (Å²) in [6, 6.07) is 1.81. The molecular weight excluding hydrogens is 220 g/mol. The van der Waals surface area contributed by atoms with Gasteiger partial charge in [0.1, 0.15) is 0 Å². The van der Waals surface area contributed by atoms with Crippen molar-refractivity contribution in [2.45, 2.75) is 45.5 Å². The fourth-order valence-electron chi connectivity index (χ4n) is 1.09. The summed E-state index contributed by atoms with van der Waals surface area (Å²) in [5.41, 5.74) is 0.772. The van der Waals surface area contributed by atoms with Crippen LogP contribution in [0.15, 0.2) is 6.07 Å². The topological polar surface area (TPSA) is 47.3 Å². The van der Waals surface area contributed by atoms with Crippen LogP contribution in [0.1, 0.15) is 26.5 Å². The molecule has 0 aromatic carbocycles. The SMILES string of the molecule is Cn1nc(O[Si](C)(C)C(C)(C)C)cc1CO. The van der Waals surface area contributed by atoms with E-state index in [2.05, 4.69) is 39.0 Å². The van der Waals surface area contributed by atoms with Crippen molar-refractivity contribution in [3.63, 3.8) is 0 Å². The lowest BCUT2D eigenvalue weighted by molar-refractivity contribution is 0.270. The summed E-state index contributed by atoms with van der Waals surface area (Å²) in [4.78, 5) is 0. The highest BCUT2D eigenvalue weighted by atomic mass is 28.4. The maximum absolute atomic E-state index is 9.08. The van der Waals surface area contributed by atoms with Crippen LogP contribution in [0, 0.1) is 0 Å². The van der Waals surface area contributed by atoms with Gasteiger partial charge < -0.3 is 9.53 Å². The smallest absolute Gasteiger partial charge is 0.252 e. The number of aliphatic hydroxyl groups is 1. The zero-order valence-electron chi connectivity index (χ0n) is 11.0. The predicted octanol–water partition coefficient (Wildman–Crippen LogP) is 2.30. The predicted molar refractivity (Wildman–Crippen MR) is 67.0 cm³/mol. The van der Waals surface area contributed by atoms with Gasteiger partial charge >= 0.3 is 0 Å². The Morgan fingerprint density at radius 1 is 1.44 bits per heavy atom. The minimum Gasteiger partial charge on any atom is -0.530 e. The molecule has 0 spiro atoms. The van der Waals surface area contributed by atoms with E-state index in [1.54, 1.807) is 10.7 Å². The third-order valence-corrected chi connectivity index (χ3v) is 7.61. The Hall–Kier alpha value is -0.813. The molecule has 1 aromatic heterocycles. The van der Waals surface area contributed by atoms with Crippen LogP contribution in [0.4, 0.5) is 0 Å². The van der Waals surface area contributed by atoms with Gasteiger partial charge in [0.05, 0.1) is 12.3 Å². The second kappa shape index (κ2) is 4.22. The molecule has 0 aliphatic heterocycles. The van der Waals surface area contributed by atoms with E-state index < -0.39 is 8.32 Å². The highest BCUT2D eigenvalue weighted by molar-refractivity contribution is 6.74. The van der Waals surface area contributed by atoms with Crippen LogP contribution in [0.5, 0.6) is 5.88 Å². The minimum absolute atomic E-state index is 0.00956. The largest absolute Gasteiger partial charge is 0.530 e. The molecule has 0 saturated heterocycles. The quantitative estimate of drug-likeness (QED) is 0.827. The molecule has 1 aromatic rings. The van der Waals surface area contributed by atoms with Crippen LogP contribution in [0.25, 0.3) is 0 Å². The lowest BCUT2D eigenvalue weighted by Gasteiger charge is -2.35. The zero-order chi connectivity index (χ0) is 12.6. The van der Waals surface area contributed by atoms with E-state index in [-0.39, 0.29) is 11.6 Å². The second-order valence-electron chi connectivity index (χ2n) is 5.62. The average Bonchev–Trinajstić information content (AvgIpc) is 2.43. The summed E-state index contributed by atoms with van der Waals surface area (Å²) in [6.45, 7) is 10.9. The molecular formula is C11H22N2O2Si. The van der Waals surface area contributed by atoms with Crippen LogP contribution in [-0.4, -0.2) is 23.2 Å². The van der Waals surface area contributed by atoms with E-state index in [0.717, 1.165) is 5.69 Å². The maximum Gasteiger partial charge on any atom is 0.252 e. The van der Waals surface area contributed by atoms with Crippen LogP contribution >= 0.6 is 0 Å². The molecule has 0 atom stereocenters. The lowest BCUT2D eigenvalue weighted by atomic mass is 10.2. The Labute approximate surface area is 98.4 Å². The summed E-state index contributed by atoms with van der Waals surface area (Å²) in [5, 5.41) is 13.5. The molecule has 0 unspecified atom stereocenters. The highest BCUT2D eigenvalue weighted by Gasteiger charge is 2.39. The Balaban J connectivity index is 2.88. The van der Waals surface area contributed by atoms with Gasteiger partial charge in [0.25, 0.3) is 8.32 Å². The number of rotatable bonds is 3. The van der Waals surface area contributed by atoms with Gasteiger partial charge in [-0.1, -0.05) is 20.8 Å². The summed E-state index contributed by atoms with van der Waals surface area (Å²) in [5.74, 6) is 0.623. The van der Waals surface area contributed by atoms with Gasteiger partial charge in [-0.05, 0) is 18.1 Å². The Morgan fingerprint density at radius 2 is 2.00 bits per heavy atom. The molecule has 1 N–H and O–H groups in total. The number of aromatic nitrogens is 2. The fraction of sp³-hybridized carbons (Fsp3) is 0.727. The molecule has 0 radical (unpaired) electrons. The van der Waals surface area contributed by atoms with Gasteiger partial charge in [-0.3, -0.25) is 4.68 Å². The molecule has 1 rings (SSSR count). The van der Waals surface area contributed by atoms with Gasteiger partial charge in [-0.15, -0.1) is 5.10 Å². The van der Waals surface area contributed by atoms with Crippen molar-refractivity contribution in [3.05, 3.63) is 11.8 Å². The van der Waals surface area contributed by atoms with Crippen molar-refractivity contribution < 1.29 is 9.53 Å². The number of hydrogen-bond donors (Lipinski definition) is 1. The van der Waals surface area contributed by atoms with E-state index in [9.17, 15) is 0 Å². The van der Waals surface area contributed by atoms with Crippen LogP contribution in [0.3, 0.4) is 0 Å². The van der Waals surface area contributed by atoms with E-state index in [4.69, 9.17) is 9.53 Å². The third-order valence-electron chi connectivity index (χ3n) is 3.28. The van der Waals surface area contributed by atoms with Gasteiger partial charge in [0.15, 0.2) is 0 Å². The Bertz CT molecular complexity index is 367. The summed E-state index contributed by atoms with van der Waals surface area (Å²) in [6.07, 6.45) is 0. The zero-order valence-corrected chi connectivity index (χ0v) is 12.0. The first-order valence-corrected chi connectivity index (χ1v) is 8.41. The standard InChI is InChI=1S/C11H22N2O2Si/c1-11(2,3)16(5,6)15-10-7-9(8-14)13(4)12-10/h7,14H,8H2,1-6H3. The number of nitrogens with zero attached hydrogens (tertiary/aromatic N) is 2. The first kappa shape index (κ1) is 13.3. The number of aliphatic hydroxyl groups excluding tert-OH is 1. The summed E-state index contributed by atoms with van der Waals surface area (Å²) in [7, 11) is -0.0160. The minimum atomic E-state index is -1.83. The normalized spacial score (nSPS) is 12.9. The van der Waals surface area contributed by atoms with Gasteiger partial charge in [-0.2, -0.15) is 0 Å². The second-order valence-corrected chi connectivity index (χ2v) is 10.3. The van der Waals surface area contributed by atoms with Crippen molar-refractivity contribution in [1.29, 1.82) is 0 Å². The van der Waals surface area contributed by atoms with E-state index in [0.29, 0.717) is 5.88 Å². The van der Waals surface area contributed by atoms with Crippen molar-refractivity contribution in [2.24, 2.45) is 7.05 Å². The molecule has 92 valence electrons. The van der Waals surface area contributed by atoms with Crippen LogP contribution < -0.4 is 4.43 Å². The molecule has 0 aliphatic rings. The van der Waals surface area contributed by atoms with E-state index >= 15 is 0 Å². The molecule has 1 heterocycles. The molecule has 0 amide bonds. The Morgan fingerprint density at radius 3 is 2.38 bits per heavy atom. The maximum atomic E-state index is 9.08. The molecule has 0 saturated carbocycles.